The van der Waals surface area contributed by atoms with Gasteiger partial charge in [-0.2, -0.15) is 0 Å². The summed E-state index contributed by atoms with van der Waals surface area (Å²) >= 11 is 0. The molecule has 2 aromatic heterocycles. The number of nitrogens with zero attached hydrogens (tertiary/aromatic N) is 2. The average molecular weight is 321 g/mol. The fourth-order valence-corrected chi connectivity index (χ4v) is 2.30. The van der Waals surface area contributed by atoms with E-state index in [0.717, 1.165) is 17.7 Å². The zero-order valence-electron chi connectivity index (χ0n) is 13.5. The largest absolute Gasteiger partial charge is 0.493 e. The van der Waals surface area contributed by atoms with E-state index in [1.807, 2.05) is 54.7 Å². The van der Waals surface area contributed by atoms with Gasteiger partial charge < -0.3 is 14.8 Å². The Hall–Kier alpha value is -2.92. The van der Waals surface area contributed by atoms with Crippen LogP contribution < -0.4 is 14.8 Å². The number of para-hydroxylation sites is 2. The van der Waals surface area contributed by atoms with Crippen LogP contribution in [-0.4, -0.2) is 17.1 Å². The Bertz CT molecular complexity index is 778. The van der Waals surface area contributed by atoms with Crippen LogP contribution in [0.2, 0.25) is 0 Å². The van der Waals surface area contributed by atoms with E-state index in [-0.39, 0.29) is 0 Å². The monoisotopic (exact) mass is 321 g/mol. The van der Waals surface area contributed by atoms with E-state index < -0.39 is 0 Å². The second-order valence-electron chi connectivity index (χ2n) is 5.19. The maximum Gasteiger partial charge on any atom is 0.223 e. The molecule has 0 saturated carbocycles. The SMILES string of the molecule is COc1ccccc1Oc1ncccc1CNCc1cccnc1. The molecule has 0 amide bonds. The molecule has 5 nitrogen and oxygen atoms in total. The number of methoxy groups -OCH3 is 1. The number of ether oxygens (including phenoxy) is 2. The lowest BCUT2D eigenvalue weighted by Crippen LogP contribution is -2.13. The average Bonchev–Trinajstić information content (AvgIpc) is 2.64. The number of pyridine rings is 2. The summed E-state index contributed by atoms with van der Waals surface area (Å²) in [5.74, 6) is 1.89. The van der Waals surface area contributed by atoms with E-state index in [2.05, 4.69) is 15.3 Å². The molecule has 0 unspecified atom stereocenters. The zero-order chi connectivity index (χ0) is 16.6. The smallest absolute Gasteiger partial charge is 0.223 e. The van der Waals surface area contributed by atoms with Gasteiger partial charge in [0.15, 0.2) is 11.5 Å². The van der Waals surface area contributed by atoms with Crippen molar-refractivity contribution in [2.75, 3.05) is 7.11 Å². The topological polar surface area (TPSA) is 56.3 Å². The zero-order valence-corrected chi connectivity index (χ0v) is 13.5. The lowest BCUT2D eigenvalue weighted by atomic mass is 10.2. The van der Waals surface area contributed by atoms with Gasteiger partial charge in [0.05, 0.1) is 7.11 Å². The molecule has 2 heterocycles. The highest BCUT2D eigenvalue weighted by Crippen LogP contribution is 2.31. The van der Waals surface area contributed by atoms with Crippen LogP contribution in [0.4, 0.5) is 0 Å². The number of rotatable bonds is 7. The summed E-state index contributed by atoms with van der Waals surface area (Å²) in [4.78, 5) is 8.46. The number of aromatic nitrogens is 2. The first kappa shape index (κ1) is 16.0. The Morgan fingerprint density at radius 3 is 2.54 bits per heavy atom. The number of hydrogen-bond donors (Lipinski definition) is 1. The lowest BCUT2D eigenvalue weighted by Gasteiger charge is -2.12. The minimum atomic E-state index is 0.570. The third-order valence-corrected chi connectivity index (χ3v) is 3.49. The highest BCUT2D eigenvalue weighted by Gasteiger charge is 2.09. The molecule has 0 aliphatic heterocycles. The van der Waals surface area contributed by atoms with Crippen LogP contribution >= 0.6 is 0 Å². The Kier molecular flexibility index (Phi) is 5.37. The first-order valence-electron chi connectivity index (χ1n) is 7.71. The van der Waals surface area contributed by atoms with Crippen LogP contribution in [0.5, 0.6) is 17.4 Å². The summed E-state index contributed by atoms with van der Waals surface area (Å²) in [6, 6.07) is 15.4. The maximum atomic E-state index is 5.95. The van der Waals surface area contributed by atoms with Crippen molar-refractivity contribution in [3.63, 3.8) is 0 Å². The standard InChI is InChI=1S/C19H19N3O2/c1-23-17-8-2-3-9-18(17)24-19-16(7-5-11-22-19)14-21-13-15-6-4-10-20-12-15/h2-12,21H,13-14H2,1H3. The minimum Gasteiger partial charge on any atom is -0.493 e. The van der Waals surface area contributed by atoms with Crippen LogP contribution in [0.15, 0.2) is 67.1 Å². The predicted molar refractivity (Wildman–Crippen MR) is 92.1 cm³/mol. The van der Waals surface area contributed by atoms with Crippen molar-refractivity contribution in [1.29, 1.82) is 0 Å². The molecular weight excluding hydrogens is 302 g/mol. The third kappa shape index (κ3) is 4.08. The molecule has 0 bridgehead atoms. The van der Waals surface area contributed by atoms with E-state index in [1.165, 1.54) is 0 Å². The Labute approximate surface area is 141 Å². The predicted octanol–water partition coefficient (Wildman–Crippen LogP) is 3.57. The molecule has 3 aromatic rings. The van der Waals surface area contributed by atoms with Gasteiger partial charge in [-0.15, -0.1) is 0 Å². The van der Waals surface area contributed by atoms with Gasteiger partial charge in [-0.25, -0.2) is 4.98 Å². The molecule has 0 fully saturated rings. The summed E-state index contributed by atoms with van der Waals surface area (Å²) < 4.78 is 11.3. The molecule has 0 atom stereocenters. The molecule has 0 aliphatic rings. The summed E-state index contributed by atoms with van der Waals surface area (Å²) in [7, 11) is 1.62. The van der Waals surface area contributed by atoms with Gasteiger partial charge >= 0.3 is 0 Å². The van der Waals surface area contributed by atoms with Gasteiger partial charge in [0.25, 0.3) is 0 Å². The summed E-state index contributed by atoms with van der Waals surface area (Å²) in [5.41, 5.74) is 2.11. The molecule has 24 heavy (non-hydrogen) atoms. The summed E-state index contributed by atoms with van der Waals surface area (Å²) in [5, 5.41) is 3.38. The van der Waals surface area contributed by atoms with Crippen molar-refractivity contribution < 1.29 is 9.47 Å². The molecular formula is C19H19N3O2. The van der Waals surface area contributed by atoms with E-state index in [4.69, 9.17) is 9.47 Å². The molecule has 0 aliphatic carbocycles. The highest BCUT2D eigenvalue weighted by molar-refractivity contribution is 5.42. The lowest BCUT2D eigenvalue weighted by molar-refractivity contribution is 0.372. The van der Waals surface area contributed by atoms with E-state index in [9.17, 15) is 0 Å². The minimum absolute atomic E-state index is 0.570. The maximum absolute atomic E-state index is 5.95. The number of nitrogens with one attached hydrogen (secondary N) is 1. The van der Waals surface area contributed by atoms with E-state index in [0.29, 0.717) is 23.9 Å². The number of hydrogen-bond acceptors (Lipinski definition) is 5. The van der Waals surface area contributed by atoms with Gasteiger partial charge in [0, 0.05) is 37.2 Å². The molecule has 3 rings (SSSR count). The van der Waals surface area contributed by atoms with Crippen molar-refractivity contribution in [1.82, 2.24) is 15.3 Å². The van der Waals surface area contributed by atoms with Crippen molar-refractivity contribution in [3.8, 4) is 17.4 Å². The molecule has 5 heteroatoms. The van der Waals surface area contributed by atoms with Crippen LogP contribution in [0.1, 0.15) is 11.1 Å². The second-order valence-corrected chi connectivity index (χ2v) is 5.19. The Balaban J connectivity index is 1.69. The molecule has 0 saturated heterocycles. The third-order valence-electron chi connectivity index (χ3n) is 3.49. The Morgan fingerprint density at radius 2 is 1.75 bits per heavy atom. The molecule has 0 radical (unpaired) electrons. The summed E-state index contributed by atoms with van der Waals surface area (Å²) in [6.07, 6.45) is 5.33. The molecule has 1 N–H and O–H groups in total. The molecule has 122 valence electrons. The first-order valence-corrected chi connectivity index (χ1v) is 7.71. The fourth-order valence-electron chi connectivity index (χ4n) is 2.30. The molecule has 0 spiro atoms. The highest BCUT2D eigenvalue weighted by atomic mass is 16.5. The Morgan fingerprint density at radius 1 is 0.917 bits per heavy atom. The van der Waals surface area contributed by atoms with Crippen LogP contribution in [0, 0.1) is 0 Å². The van der Waals surface area contributed by atoms with Crippen LogP contribution in [-0.2, 0) is 13.1 Å². The van der Waals surface area contributed by atoms with Crippen molar-refractivity contribution >= 4 is 0 Å². The van der Waals surface area contributed by atoms with Crippen molar-refractivity contribution in [2.24, 2.45) is 0 Å². The van der Waals surface area contributed by atoms with Gasteiger partial charge in [-0.1, -0.05) is 24.3 Å². The normalized spacial score (nSPS) is 10.4. The summed E-state index contributed by atoms with van der Waals surface area (Å²) in [6.45, 7) is 1.38. The van der Waals surface area contributed by atoms with E-state index >= 15 is 0 Å². The van der Waals surface area contributed by atoms with Crippen LogP contribution in [0.25, 0.3) is 0 Å². The van der Waals surface area contributed by atoms with Gasteiger partial charge in [0.1, 0.15) is 0 Å². The van der Waals surface area contributed by atoms with E-state index in [1.54, 1.807) is 19.5 Å². The van der Waals surface area contributed by atoms with Crippen molar-refractivity contribution in [2.45, 2.75) is 13.1 Å². The van der Waals surface area contributed by atoms with Crippen molar-refractivity contribution in [3.05, 3.63) is 78.2 Å². The van der Waals surface area contributed by atoms with Gasteiger partial charge in [-0.3, -0.25) is 4.98 Å². The van der Waals surface area contributed by atoms with Crippen LogP contribution in [0.3, 0.4) is 0 Å². The second kappa shape index (κ2) is 8.08. The van der Waals surface area contributed by atoms with Gasteiger partial charge in [-0.05, 0) is 29.8 Å². The quantitative estimate of drug-likeness (QED) is 0.721. The number of benzene rings is 1. The molecule has 1 aromatic carbocycles. The first-order chi connectivity index (χ1) is 11.9. The van der Waals surface area contributed by atoms with Gasteiger partial charge in [0.2, 0.25) is 5.88 Å². The fraction of sp³-hybridized carbons (Fsp3) is 0.158.